The molecule has 2 atom stereocenters. The van der Waals surface area contributed by atoms with Crippen LogP contribution in [0, 0.1) is 0 Å². The van der Waals surface area contributed by atoms with Gasteiger partial charge in [-0.15, -0.1) is 0 Å². The summed E-state index contributed by atoms with van der Waals surface area (Å²) in [7, 11) is 1.09. The third-order valence-electron chi connectivity index (χ3n) is 13.0. The molecular weight excluding hydrogens is 1110 g/mol. The van der Waals surface area contributed by atoms with Gasteiger partial charge in [-0.3, -0.25) is 14.2 Å². The Hall–Kier alpha value is -5.67. The Labute approximate surface area is 538 Å². The van der Waals surface area contributed by atoms with Crippen LogP contribution >= 0.6 is 7.82 Å². The number of esters is 2. The molecule has 9 nitrogen and oxygen atoms in total. The summed E-state index contributed by atoms with van der Waals surface area (Å²) in [6, 6.07) is 0. The Kier molecular flexibility index (Phi) is 61.5. The molecule has 0 aliphatic carbocycles. The van der Waals surface area contributed by atoms with Gasteiger partial charge in [0.1, 0.15) is 19.8 Å². The second-order valence-electron chi connectivity index (χ2n) is 22.4. The smallest absolute Gasteiger partial charge is 0.306 e. The number of nitrogens with zero attached hydrogens (tertiary/aromatic N) is 1. The van der Waals surface area contributed by atoms with Gasteiger partial charge in [0.2, 0.25) is 0 Å². The van der Waals surface area contributed by atoms with Crippen LogP contribution in [-0.2, 0) is 32.7 Å². The van der Waals surface area contributed by atoms with Crippen molar-refractivity contribution in [2.75, 3.05) is 47.5 Å². The lowest BCUT2D eigenvalue weighted by Gasteiger charge is -2.28. The van der Waals surface area contributed by atoms with Gasteiger partial charge in [0, 0.05) is 12.8 Å². The van der Waals surface area contributed by atoms with Gasteiger partial charge < -0.3 is 27.9 Å². The number of unbranched alkanes of at least 4 members (excludes halogenated alkanes) is 8. The predicted molar refractivity (Wildman–Crippen MR) is 378 cm³/mol. The first-order chi connectivity index (χ1) is 43.0. The monoisotopic (exact) mass is 1230 g/mol. The first kappa shape index (κ1) is 82.3. The molecule has 0 aliphatic rings. The van der Waals surface area contributed by atoms with Gasteiger partial charge in [0.15, 0.2) is 6.10 Å². The van der Waals surface area contributed by atoms with Crippen LogP contribution in [-0.4, -0.2) is 70.0 Å². The van der Waals surface area contributed by atoms with Crippen LogP contribution in [0.25, 0.3) is 0 Å². The summed E-state index contributed by atoms with van der Waals surface area (Å²) in [6.07, 6.45) is 106. The number of hydrogen-bond acceptors (Lipinski definition) is 8. The second-order valence-corrected chi connectivity index (χ2v) is 23.8. The fourth-order valence-corrected chi connectivity index (χ4v) is 8.66. The minimum Gasteiger partial charge on any atom is -0.756 e. The van der Waals surface area contributed by atoms with Gasteiger partial charge >= 0.3 is 11.9 Å². The minimum atomic E-state index is -4.68. The highest BCUT2D eigenvalue weighted by atomic mass is 31.2. The summed E-state index contributed by atoms with van der Waals surface area (Å²) in [5, 5.41) is 0. The van der Waals surface area contributed by atoms with Crippen molar-refractivity contribution in [3.8, 4) is 0 Å². The highest BCUT2D eigenvalue weighted by Gasteiger charge is 2.21. The summed E-state index contributed by atoms with van der Waals surface area (Å²) in [5.74, 6) is -0.922. The van der Waals surface area contributed by atoms with Crippen LogP contribution in [0.5, 0.6) is 0 Å². The molecule has 0 aromatic heterocycles. The van der Waals surface area contributed by atoms with Crippen LogP contribution < -0.4 is 4.89 Å². The summed E-state index contributed by atoms with van der Waals surface area (Å²) < 4.78 is 34.2. The molecule has 0 saturated heterocycles. The Morgan fingerprint density at radius 2 is 0.614 bits per heavy atom. The standard InChI is InChI=1S/C78H120NO8P/c1-6-8-10-12-14-16-18-20-22-24-26-28-30-32-33-34-35-36-37-38-39-40-41-42-43-44-45-47-49-51-53-55-57-59-61-63-65-67-69-71-78(81)87-76(75-86-88(82,83)85-73-72-79(3,4)5)74-84-77(80)70-68-66-64-62-60-58-56-54-52-50-48-46-31-29-27-25-23-21-19-17-15-13-11-9-7-2/h8-11,14-17,20-23,26-29,32-33,35-36,38-39,41-42,44-46,48-49,51-52,54-55,57,61,63,76H,6-7,12-13,18-19,24-25,30-31,34,37,40,43,47,50,53,56,58-60,62,64-75H2,1-5H3/b10-8-,11-9-,16-14-,17-15-,22-20-,23-21-,28-26-,29-27-,33-32-,36-35-,39-38-,42-41-,45-44-,48-46-,51-49-,54-52-,57-55-,63-61-. The van der Waals surface area contributed by atoms with Crippen molar-refractivity contribution in [2.24, 2.45) is 0 Å². The molecule has 490 valence electrons. The van der Waals surface area contributed by atoms with E-state index in [1.165, 1.54) is 0 Å². The average Bonchev–Trinajstić information content (AvgIpc) is 3.68. The van der Waals surface area contributed by atoms with Crippen LogP contribution in [0.4, 0.5) is 0 Å². The molecule has 0 N–H and O–H groups in total. The largest absolute Gasteiger partial charge is 0.756 e. The molecule has 88 heavy (non-hydrogen) atoms. The van der Waals surface area contributed by atoms with Gasteiger partial charge in [-0.2, -0.15) is 0 Å². The number of carbonyl (C=O) groups is 2. The van der Waals surface area contributed by atoms with Crippen molar-refractivity contribution in [3.05, 3.63) is 219 Å². The minimum absolute atomic E-state index is 0.0555. The predicted octanol–water partition coefficient (Wildman–Crippen LogP) is 21.4. The molecule has 0 aliphatic heterocycles. The number of allylic oxidation sites excluding steroid dienone is 36. The highest BCUT2D eigenvalue weighted by Crippen LogP contribution is 2.38. The SMILES string of the molecule is CC/C=C\C/C=C\C/C=C\C/C=C\C/C=C\C/C=C\C/C=C\C/C=C\C/C=C\C/C=C\C/C=C\C/C=C\CCCCC(=O)OC(COC(=O)CCCCCCCC/C=C\C/C=C\C/C=C\C/C=C\C/C=C\C/C=C\CC)COP(=O)([O-])OCC[N+](C)(C)C. The van der Waals surface area contributed by atoms with Crippen LogP contribution in [0.3, 0.4) is 0 Å². The molecule has 10 heteroatoms. The van der Waals surface area contributed by atoms with Crippen molar-refractivity contribution in [2.45, 2.75) is 213 Å². The molecule has 0 amide bonds. The first-order valence-corrected chi connectivity index (χ1v) is 34.9. The number of phosphoric acid groups is 1. The fourth-order valence-electron chi connectivity index (χ4n) is 7.93. The van der Waals surface area contributed by atoms with E-state index < -0.39 is 32.5 Å². The van der Waals surface area contributed by atoms with Crippen LogP contribution in [0.15, 0.2) is 219 Å². The average molecular weight is 1230 g/mol. The normalized spacial score (nSPS) is 14.6. The fraction of sp³-hybridized carbons (Fsp3) is 0.513. The Morgan fingerprint density at radius 3 is 0.932 bits per heavy atom. The molecule has 2 unspecified atom stereocenters. The molecule has 0 radical (unpaired) electrons. The maximum Gasteiger partial charge on any atom is 0.306 e. The number of ether oxygens (including phenoxy) is 2. The van der Waals surface area contributed by atoms with Crippen molar-refractivity contribution in [3.63, 3.8) is 0 Å². The van der Waals surface area contributed by atoms with Crippen molar-refractivity contribution >= 4 is 19.8 Å². The third-order valence-corrected chi connectivity index (χ3v) is 14.0. The second kappa shape index (κ2) is 65.8. The van der Waals surface area contributed by atoms with E-state index in [0.717, 1.165) is 167 Å². The lowest BCUT2D eigenvalue weighted by Crippen LogP contribution is -2.37. The Bertz CT molecular complexity index is 2280. The van der Waals surface area contributed by atoms with Gasteiger partial charge in [-0.25, -0.2) is 0 Å². The van der Waals surface area contributed by atoms with E-state index in [0.29, 0.717) is 23.9 Å². The first-order valence-electron chi connectivity index (χ1n) is 33.4. The van der Waals surface area contributed by atoms with E-state index in [-0.39, 0.29) is 26.1 Å². The maximum atomic E-state index is 12.8. The summed E-state index contributed by atoms with van der Waals surface area (Å²) >= 11 is 0. The Balaban J connectivity index is 4.29. The zero-order chi connectivity index (χ0) is 64.1. The quantitative estimate of drug-likeness (QED) is 0.0195. The van der Waals surface area contributed by atoms with Crippen molar-refractivity contribution in [1.29, 1.82) is 0 Å². The number of likely N-dealkylation sites (N-methyl/N-ethyl adjacent to an activating group) is 1. The molecule has 0 aromatic rings. The van der Waals surface area contributed by atoms with E-state index in [1.54, 1.807) is 0 Å². The van der Waals surface area contributed by atoms with E-state index in [1.807, 2.05) is 21.1 Å². The molecule has 0 fully saturated rings. The lowest BCUT2D eigenvalue weighted by atomic mass is 10.1. The number of hydrogen-bond donors (Lipinski definition) is 0. The van der Waals surface area contributed by atoms with Crippen LogP contribution in [0.1, 0.15) is 206 Å². The molecule has 0 saturated carbocycles. The van der Waals surface area contributed by atoms with Crippen molar-refractivity contribution in [1.82, 2.24) is 0 Å². The molecular formula is C78H120NO8P. The summed E-state index contributed by atoms with van der Waals surface area (Å²) in [4.78, 5) is 38.0. The number of carbonyl (C=O) groups excluding carboxylic acids is 2. The van der Waals surface area contributed by atoms with E-state index in [2.05, 4.69) is 233 Å². The van der Waals surface area contributed by atoms with Gasteiger partial charge in [-0.1, -0.05) is 258 Å². The van der Waals surface area contributed by atoms with Gasteiger partial charge in [0.05, 0.1) is 27.7 Å². The molecule has 0 spiro atoms. The topological polar surface area (TPSA) is 111 Å². The molecule has 0 rings (SSSR count). The summed E-state index contributed by atoms with van der Waals surface area (Å²) in [6.45, 7) is 3.90. The number of rotatable bonds is 58. The Morgan fingerprint density at radius 1 is 0.352 bits per heavy atom. The molecule has 0 aromatic carbocycles. The molecule has 0 heterocycles. The van der Waals surface area contributed by atoms with Crippen molar-refractivity contribution < 1.29 is 42.1 Å². The number of phosphoric ester groups is 1. The molecule has 0 bridgehead atoms. The highest BCUT2D eigenvalue weighted by molar-refractivity contribution is 7.45. The van der Waals surface area contributed by atoms with E-state index in [4.69, 9.17) is 18.5 Å². The van der Waals surface area contributed by atoms with Gasteiger partial charge in [-0.05, 0) is 154 Å². The lowest BCUT2D eigenvalue weighted by molar-refractivity contribution is -0.870. The summed E-state index contributed by atoms with van der Waals surface area (Å²) in [5.41, 5.74) is 0. The zero-order valence-electron chi connectivity index (χ0n) is 55.6. The maximum absolute atomic E-state index is 12.8. The van der Waals surface area contributed by atoms with E-state index >= 15 is 0 Å². The zero-order valence-corrected chi connectivity index (χ0v) is 56.5. The van der Waals surface area contributed by atoms with Crippen LogP contribution in [0.2, 0.25) is 0 Å². The van der Waals surface area contributed by atoms with Gasteiger partial charge in [0.25, 0.3) is 7.82 Å². The third kappa shape index (κ3) is 69.4. The van der Waals surface area contributed by atoms with E-state index in [9.17, 15) is 19.0 Å². The number of quaternary nitrogens is 1.